The van der Waals surface area contributed by atoms with Crippen LogP contribution >= 0.6 is 0 Å². The summed E-state index contributed by atoms with van der Waals surface area (Å²) in [6.07, 6.45) is 2.75. The van der Waals surface area contributed by atoms with Crippen molar-refractivity contribution in [3.63, 3.8) is 0 Å². The smallest absolute Gasteiger partial charge is 0.313 e. The molecule has 2 aliphatic rings. The highest BCUT2D eigenvalue weighted by Crippen LogP contribution is 2.62. The van der Waals surface area contributed by atoms with Crippen LogP contribution in [-0.4, -0.2) is 37.6 Å². The van der Waals surface area contributed by atoms with E-state index in [1.165, 1.54) is 0 Å². The fourth-order valence-corrected chi connectivity index (χ4v) is 5.15. The lowest BCUT2D eigenvalue weighted by Crippen LogP contribution is -2.43. The first kappa shape index (κ1) is 22.7. The highest BCUT2D eigenvalue weighted by atomic mass is 16.5. The molecule has 0 amide bonds. The molecule has 2 aromatic carbocycles. The van der Waals surface area contributed by atoms with Gasteiger partial charge in [-0.15, -0.1) is 0 Å². The highest BCUT2D eigenvalue weighted by molar-refractivity contribution is 5.91. The first-order chi connectivity index (χ1) is 15.5. The molecule has 0 unspecified atom stereocenters. The van der Waals surface area contributed by atoms with Gasteiger partial charge in [0.1, 0.15) is 12.4 Å². The molecule has 32 heavy (non-hydrogen) atoms. The average Bonchev–Trinajstić information content (AvgIpc) is 3.30. The topological polar surface area (TPSA) is 64.6 Å². The third kappa shape index (κ3) is 4.79. The number of methoxy groups -OCH3 is 1. The van der Waals surface area contributed by atoms with Gasteiger partial charge in [0.15, 0.2) is 0 Å². The van der Waals surface area contributed by atoms with Crippen LogP contribution in [0.1, 0.15) is 49.7 Å². The second-order valence-corrected chi connectivity index (χ2v) is 9.22. The summed E-state index contributed by atoms with van der Waals surface area (Å²) < 4.78 is 11.5. The zero-order chi connectivity index (χ0) is 22.6. The number of nitrogens with one attached hydrogen (secondary N) is 1. The molecule has 0 radical (unpaired) electrons. The minimum absolute atomic E-state index is 0.00808. The van der Waals surface area contributed by atoms with Gasteiger partial charge in [-0.2, -0.15) is 0 Å². The van der Waals surface area contributed by atoms with Gasteiger partial charge in [-0.1, -0.05) is 67.6 Å². The van der Waals surface area contributed by atoms with Crippen molar-refractivity contribution in [1.29, 1.82) is 0 Å². The van der Waals surface area contributed by atoms with Gasteiger partial charge in [0.25, 0.3) is 0 Å². The number of carbonyl (C=O) groups is 2. The van der Waals surface area contributed by atoms with Crippen LogP contribution in [0.25, 0.3) is 0 Å². The predicted molar refractivity (Wildman–Crippen MR) is 123 cm³/mol. The van der Waals surface area contributed by atoms with E-state index in [1.807, 2.05) is 67.6 Å². The molecule has 1 saturated carbocycles. The highest BCUT2D eigenvalue weighted by Gasteiger charge is 2.62. The van der Waals surface area contributed by atoms with Gasteiger partial charge in [0.2, 0.25) is 0 Å². The Labute approximate surface area is 190 Å². The van der Waals surface area contributed by atoms with Crippen molar-refractivity contribution in [2.24, 2.45) is 11.3 Å². The number of hydrogen-bond donors (Lipinski definition) is 1. The normalized spacial score (nSPS) is 26.3. The van der Waals surface area contributed by atoms with Crippen molar-refractivity contribution in [2.45, 2.75) is 57.3 Å². The standard InChI is InChI=1S/C27H33NO4/c1-19(25(31-2)23-14-9-15-28-23)24(29)17-27(16-22(27)21-12-7-4-8-13-21)26(30)32-18-20-10-5-3-6-11-20/h3-8,10-13,19,22-23,25,28H,9,14-18H2,1-2H3/t19-,22+,23-,25+,27-/m0/s1. The lowest BCUT2D eigenvalue weighted by Gasteiger charge is -2.28. The fraction of sp³-hybridized carbons (Fsp3) is 0.481. The van der Waals surface area contributed by atoms with Crippen LogP contribution in [0, 0.1) is 11.3 Å². The van der Waals surface area contributed by atoms with Crippen LogP contribution in [0.4, 0.5) is 0 Å². The molecule has 4 rings (SSSR count). The Hall–Kier alpha value is -2.50. The number of Topliss-reactive ketones (excluding diaryl/α,β-unsaturated/α-hetero) is 1. The summed E-state index contributed by atoms with van der Waals surface area (Å²) in [5.74, 6) is -0.482. The van der Waals surface area contributed by atoms with Gasteiger partial charge in [-0.3, -0.25) is 9.59 Å². The third-order valence-corrected chi connectivity index (χ3v) is 7.15. The molecule has 1 aliphatic heterocycles. The Bertz CT molecular complexity index is 910. The molecule has 5 nitrogen and oxygen atoms in total. The van der Waals surface area contributed by atoms with E-state index in [-0.39, 0.29) is 48.8 Å². The van der Waals surface area contributed by atoms with Gasteiger partial charge in [-0.25, -0.2) is 0 Å². The Balaban J connectivity index is 1.49. The Morgan fingerprint density at radius 1 is 1.09 bits per heavy atom. The second-order valence-electron chi connectivity index (χ2n) is 9.22. The van der Waals surface area contributed by atoms with Crippen molar-refractivity contribution in [2.75, 3.05) is 13.7 Å². The van der Waals surface area contributed by atoms with E-state index in [0.29, 0.717) is 6.42 Å². The van der Waals surface area contributed by atoms with Gasteiger partial charge in [0.05, 0.1) is 11.5 Å². The molecule has 0 aromatic heterocycles. The van der Waals surface area contributed by atoms with Gasteiger partial charge in [-0.05, 0) is 36.9 Å². The first-order valence-electron chi connectivity index (χ1n) is 11.6. The number of esters is 1. The van der Waals surface area contributed by atoms with E-state index >= 15 is 0 Å². The van der Waals surface area contributed by atoms with Crippen LogP contribution in [0.15, 0.2) is 60.7 Å². The number of carbonyl (C=O) groups excluding carboxylic acids is 2. The van der Waals surface area contributed by atoms with Crippen molar-refractivity contribution < 1.29 is 19.1 Å². The monoisotopic (exact) mass is 435 g/mol. The summed E-state index contributed by atoms with van der Waals surface area (Å²) in [6.45, 7) is 3.11. The summed E-state index contributed by atoms with van der Waals surface area (Å²) >= 11 is 0. The van der Waals surface area contributed by atoms with E-state index in [9.17, 15) is 9.59 Å². The summed E-state index contributed by atoms with van der Waals surface area (Å²) in [6, 6.07) is 19.8. The molecular weight excluding hydrogens is 402 g/mol. The Morgan fingerprint density at radius 3 is 2.41 bits per heavy atom. The summed E-state index contributed by atoms with van der Waals surface area (Å²) in [4.78, 5) is 26.7. The lowest BCUT2D eigenvalue weighted by atomic mass is 9.85. The van der Waals surface area contributed by atoms with Crippen molar-refractivity contribution >= 4 is 11.8 Å². The van der Waals surface area contributed by atoms with Crippen LogP contribution in [0.5, 0.6) is 0 Å². The largest absolute Gasteiger partial charge is 0.460 e. The number of rotatable bonds is 10. The third-order valence-electron chi connectivity index (χ3n) is 7.15. The average molecular weight is 436 g/mol. The zero-order valence-corrected chi connectivity index (χ0v) is 19.0. The summed E-state index contributed by atoms with van der Waals surface area (Å²) in [5.41, 5.74) is 1.24. The van der Waals surface area contributed by atoms with E-state index in [1.54, 1.807) is 7.11 Å². The Morgan fingerprint density at radius 2 is 1.78 bits per heavy atom. The van der Waals surface area contributed by atoms with Crippen LogP contribution in [-0.2, 0) is 25.7 Å². The van der Waals surface area contributed by atoms with Gasteiger partial charge in [0, 0.05) is 31.4 Å². The molecule has 0 bridgehead atoms. The number of benzene rings is 2. The minimum atomic E-state index is -0.789. The number of ketones is 1. The molecule has 170 valence electrons. The molecule has 2 fully saturated rings. The van der Waals surface area contributed by atoms with E-state index in [2.05, 4.69) is 5.32 Å². The summed E-state index contributed by atoms with van der Waals surface area (Å²) in [7, 11) is 1.67. The van der Waals surface area contributed by atoms with Crippen LogP contribution in [0.2, 0.25) is 0 Å². The number of hydrogen-bond acceptors (Lipinski definition) is 5. The quantitative estimate of drug-likeness (QED) is 0.565. The minimum Gasteiger partial charge on any atom is -0.460 e. The van der Waals surface area contributed by atoms with Crippen molar-refractivity contribution in [3.05, 3.63) is 71.8 Å². The summed E-state index contributed by atoms with van der Waals surface area (Å²) in [5, 5.41) is 3.45. The maximum atomic E-state index is 13.4. The van der Waals surface area contributed by atoms with Gasteiger partial charge < -0.3 is 14.8 Å². The lowest BCUT2D eigenvalue weighted by molar-refractivity contribution is -0.154. The molecule has 1 aliphatic carbocycles. The fourth-order valence-electron chi connectivity index (χ4n) is 5.15. The zero-order valence-electron chi connectivity index (χ0n) is 19.0. The molecule has 5 heteroatoms. The van der Waals surface area contributed by atoms with E-state index in [0.717, 1.165) is 30.5 Å². The number of ether oxygens (including phenoxy) is 2. The van der Waals surface area contributed by atoms with E-state index < -0.39 is 5.41 Å². The molecule has 0 spiro atoms. The maximum absolute atomic E-state index is 13.4. The molecule has 1 heterocycles. The Kier molecular flexibility index (Phi) is 7.07. The van der Waals surface area contributed by atoms with Gasteiger partial charge >= 0.3 is 5.97 Å². The molecular formula is C27H33NO4. The van der Waals surface area contributed by atoms with Crippen molar-refractivity contribution in [3.8, 4) is 0 Å². The SMILES string of the molecule is CO[C@@H]([C@@H]1CCCN1)[C@@H](C)C(=O)C[C@@]1(C(=O)OCc2ccccc2)C[C@@H]1c1ccccc1. The molecule has 1 saturated heterocycles. The van der Waals surface area contributed by atoms with E-state index in [4.69, 9.17) is 9.47 Å². The predicted octanol–water partition coefficient (Wildman–Crippen LogP) is 4.27. The maximum Gasteiger partial charge on any atom is 0.313 e. The molecule has 5 atom stereocenters. The van der Waals surface area contributed by atoms with Crippen molar-refractivity contribution in [1.82, 2.24) is 5.32 Å². The molecule has 2 aromatic rings. The molecule has 1 N–H and O–H groups in total. The van der Waals surface area contributed by atoms with Crippen LogP contribution in [0.3, 0.4) is 0 Å². The van der Waals surface area contributed by atoms with Crippen LogP contribution < -0.4 is 5.32 Å². The first-order valence-corrected chi connectivity index (χ1v) is 11.6. The second kappa shape index (κ2) is 9.97.